The molecule has 1 aliphatic heterocycles. The molecule has 6 nitrogen and oxygen atoms in total. The number of hydrogen-bond donors (Lipinski definition) is 2. The van der Waals surface area contributed by atoms with Gasteiger partial charge in [0.1, 0.15) is 0 Å². The van der Waals surface area contributed by atoms with Gasteiger partial charge < -0.3 is 20.4 Å². The van der Waals surface area contributed by atoms with Crippen molar-refractivity contribution in [3.8, 4) is 0 Å². The molecular formula is C21H36IN5O. The van der Waals surface area contributed by atoms with Crippen molar-refractivity contribution in [3.63, 3.8) is 0 Å². The molecule has 0 radical (unpaired) electrons. The maximum Gasteiger partial charge on any atom is 0.219 e. The number of amides is 1. The van der Waals surface area contributed by atoms with Crippen LogP contribution in [0.25, 0.3) is 0 Å². The predicted octanol–water partition coefficient (Wildman–Crippen LogP) is 2.86. The van der Waals surface area contributed by atoms with E-state index in [0.717, 1.165) is 38.7 Å². The van der Waals surface area contributed by atoms with Crippen LogP contribution < -0.4 is 10.6 Å². The van der Waals surface area contributed by atoms with E-state index in [1.807, 2.05) is 11.0 Å². The Kier molecular flexibility index (Phi) is 10.2. The number of carbonyl (C=O) groups is 1. The van der Waals surface area contributed by atoms with Gasteiger partial charge in [0.05, 0.1) is 6.54 Å². The van der Waals surface area contributed by atoms with Gasteiger partial charge in [-0.2, -0.15) is 0 Å². The van der Waals surface area contributed by atoms with Gasteiger partial charge in [0.15, 0.2) is 5.96 Å². The minimum Gasteiger partial charge on any atom is -0.357 e. The Morgan fingerprint density at radius 1 is 1.14 bits per heavy atom. The second-order valence-electron chi connectivity index (χ2n) is 7.82. The number of rotatable bonds is 6. The molecule has 1 amide bonds. The third-order valence-electron chi connectivity index (χ3n) is 4.89. The van der Waals surface area contributed by atoms with Crippen molar-refractivity contribution in [3.05, 3.63) is 35.9 Å². The fourth-order valence-electron chi connectivity index (χ4n) is 3.39. The summed E-state index contributed by atoms with van der Waals surface area (Å²) < 4.78 is 0. The molecular weight excluding hydrogens is 465 g/mol. The third-order valence-corrected chi connectivity index (χ3v) is 4.89. The number of guanidine groups is 1. The average Bonchev–Trinajstić information content (AvgIpc) is 2.65. The van der Waals surface area contributed by atoms with E-state index in [9.17, 15) is 4.79 Å². The molecule has 1 heterocycles. The molecule has 28 heavy (non-hydrogen) atoms. The van der Waals surface area contributed by atoms with E-state index in [0.29, 0.717) is 6.54 Å². The summed E-state index contributed by atoms with van der Waals surface area (Å²) in [6.07, 6.45) is 0. The van der Waals surface area contributed by atoms with Gasteiger partial charge in [0, 0.05) is 51.2 Å². The van der Waals surface area contributed by atoms with Crippen LogP contribution in [-0.2, 0) is 4.79 Å². The molecule has 1 unspecified atom stereocenters. The van der Waals surface area contributed by atoms with Crippen LogP contribution in [0.4, 0.5) is 0 Å². The summed E-state index contributed by atoms with van der Waals surface area (Å²) >= 11 is 0. The van der Waals surface area contributed by atoms with Gasteiger partial charge in [0.2, 0.25) is 5.91 Å². The number of carbonyl (C=O) groups excluding carboxylic acids is 1. The minimum atomic E-state index is -0.128. The molecule has 1 aliphatic rings. The molecule has 1 aromatic carbocycles. The zero-order valence-corrected chi connectivity index (χ0v) is 20.2. The molecule has 0 saturated carbocycles. The quantitative estimate of drug-likeness (QED) is 0.358. The molecule has 0 aliphatic carbocycles. The Bertz CT molecular complexity index is 627. The molecule has 0 bridgehead atoms. The predicted molar refractivity (Wildman–Crippen MR) is 127 cm³/mol. The highest BCUT2D eigenvalue weighted by atomic mass is 127. The van der Waals surface area contributed by atoms with Crippen LogP contribution in [0, 0.1) is 0 Å². The molecule has 7 heteroatoms. The Balaban J connectivity index is 0.00000392. The second kappa shape index (κ2) is 11.6. The Labute approximate surface area is 187 Å². The Hall–Kier alpha value is -1.35. The van der Waals surface area contributed by atoms with Gasteiger partial charge in [-0.05, 0) is 33.3 Å². The lowest BCUT2D eigenvalue weighted by Gasteiger charge is -2.36. The van der Waals surface area contributed by atoms with E-state index in [1.165, 1.54) is 5.56 Å². The number of aliphatic imine (C=N–C) groups is 1. The van der Waals surface area contributed by atoms with E-state index in [1.54, 1.807) is 6.92 Å². The van der Waals surface area contributed by atoms with Crippen LogP contribution in [0.1, 0.15) is 46.2 Å². The van der Waals surface area contributed by atoms with Crippen LogP contribution in [0.2, 0.25) is 0 Å². The summed E-state index contributed by atoms with van der Waals surface area (Å²) in [6.45, 7) is 14.9. The Morgan fingerprint density at radius 3 is 2.25 bits per heavy atom. The lowest BCUT2D eigenvalue weighted by Crippen LogP contribution is -2.54. The number of piperazine rings is 1. The number of nitrogens with one attached hydrogen (secondary N) is 2. The van der Waals surface area contributed by atoms with Gasteiger partial charge in [-0.1, -0.05) is 30.3 Å². The summed E-state index contributed by atoms with van der Waals surface area (Å²) in [7, 11) is 0. The molecule has 0 spiro atoms. The number of benzene rings is 1. The monoisotopic (exact) mass is 501 g/mol. The van der Waals surface area contributed by atoms with Crippen LogP contribution in [0.15, 0.2) is 35.3 Å². The zero-order valence-electron chi connectivity index (χ0n) is 17.9. The molecule has 1 fully saturated rings. The summed E-state index contributed by atoms with van der Waals surface area (Å²) in [5, 5.41) is 7.09. The molecule has 0 aromatic heterocycles. The largest absolute Gasteiger partial charge is 0.357 e. The summed E-state index contributed by atoms with van der Waals surface area (Å²) in [5.74, 6) is 1.08. The van der Waals surface area contributed by atoms with Crippen molar-refractivity contribution >= 4 is 35.8 Å². The van der Waals surface area contributed by atoms with Gasteiger partial charge >= 0.3 is 0 Å². The minimum absolute atomic E-state index is 0. The maximum absolute atomic E-state index is 11.5. The van der Waals surface area contributed by atoms with E-state index >= 15 is 0 Å². The number of hydrogen-bond acceptors (Lipinski definition) is 3. The topological polar surface area (TPSA) is 60.0 Å². The van der Waals surface area contributed by atoms with Crippen molar-refractivity contribution < 1.29 is 4.79 Å². The first-order chi connectivity index (χ1) is 12.8. The summed E-state index contributed by atoms with van der Waals surface area (Å²) in [4.78, 5) is 20.6. The van der Waals surface area contributed by atoms with E-state index in [2.05, 4.69) is 67.5 Å². The standard InChI is InChI=1S/C21H35N5O.HI/c1-6-22-20(26-14-12-25(13-15-26)18(3)27)23-16-21(4,5)24-17(2)19-10-8-7-9-11-19;/h7-11,17,24H,6,12-16H2,1-5H3,(H,22,23);1H. The molecule has 2 N–H and O–H groups in total. The SMILES string of the molecule is CCNC(=NCC(C)(C)NC(C)c1ccccc1)N1CCN(C(C)=O)CC1.I. The van der Waals surface area contributed by atoms with Gasteiger partial charge in [-0.25, -0.2) is 0 Å². The zero-order chi connectivity index (χ0) is 19.9. The Morgan fingerprint density at radius 2 is 1.71 bits per heavy atom. The summed E-state index contributed by atoms with van der Waals surface area (Å²) in [6, 6.07) is 10.7. The van der Waals surface area contributed by atoms with E-state index in [-0.39, 0.29) is 41.5 Å². The fourth-order valence-corrected chi connectivity index (χ4v) is 3.39. The highest BCUT2D eigenvalue weighted by molar-refractivity contribution is 14.0. The lowest BCUT2D eigenvalue weighted by molar-refractivity contribution is -0.130. The highest BCUT2D eigenvalue weighted by Gasteiger charge is 2.24. The van der Waals surface area contributed by atoms with Gasteiger partial charge in [0.25, 0.3) is 0 Å². The lowest BCUT2D eigenvalue weighted by atomic mass is 10.0. The second-order valence-corrected chi connectivity index (χ2v) is 7.82. The molecule has 2 rings (SSSR count). The number of halogens is 1. The normalized spacial score (nSPS) is 16.4. The first-order valence-electron chi connectivity index (χ1n) is 9.94. The first kappa shape index (κ1) is 24.7. The third kappa shape index (κ3) is 7.58. The average molecular weight is 501 g/mol. The van der Waals surface area contributed by atoms with Crippen LogP contribution >= 0.6 is 24.0 Å². The van der Waals surface area contributed by atoms with E-state index < -0.39 is 0 Å². The van der Waals surface area contributed by atoms with Crippen molar-refractivity contribution in [1.29, 1.82) is 0 Å². The van der Waals surface area contributed by atoms with Gasteiger partial charge in [-0.3, -0.25) is 9.79 Å². The van der Waals surface area contributed by atoms with Crippen molar-refractivity contribution in [1.82, 2.24) is 20.4 Å². The molecule has 158 valence electrons. The van der Waals surface area contributed by atoms with Crippen molar-refractivity contribution in [2.24, 2.45) is 4.99 Å². The van der Waals surface area contributed by atoms with Crippen LogP contribution in [-0.4, -0.2) is 66.5 Å². The van der Waals surface area contributed by atoms with Crippen molar-refractivity contribution in [2.45, 2.75) is 46.2 Å². The van der Waals surface area contributed by atoms with Gasteiger partial charge in [-0.15, -0.1) is 24.0 Å². The number of nitrogens with zero attached hydrogens (tertiary/aromatic N) is 3. The highest BCUT2D eigenvalue weighted by Crippen LogP contribution is 2.16. The smallest absolute Gasteiger partial charge is 0.219 e. The van der Waals surface area contributed by atoms with Crippen LogP contribution in [0.5, 0.6) is 0 Å². The maximum atomic E-state index is 11.5. The van der Waals surface area contributed by atoms with Crippen LogP contribution in [0.3, 0.4) is 0 Å². The molecule has 1 aromatic rings. The first-order valence-corrected chi connectivity index (χ1v) is 9.94. The van der Waals surface area contributed by atoms with E-state index in [4.69, 9.17) is 4.99 Å². The summed E-state index contributed by atoms with van der Waals surface area (Å²) in [5.41, 5.74) is 1.15. The van der Waals surface area contributed by atoms with Crippen molar-refractivity contribution in [2.75, 3.05) is 39.3 Å². The molecule has 1 saturated heterocycles. The fraction of sp³-hybridized carbons (Fsp3) is 0.619. The molecule has 1 atom stereocenters.